The molecule has 0 fully saturated rings. The van der Waals surface area contributed by atoms with Crippen molar-refractivity contribution in [1.29, 1.82) is 0 Å². The lowest BCUT2D eigenvalue weighted by molar-refractivity contribution is -0.104. The van der Waals surface area contributed by atoms with Gasteiger partial charge in [0.05, 0.1) is 6.54 Å². The van der Waals surface area contributed by atoms with Crippen molar-refractivity contribution in [3.8, 4) is 0 Å². The highest BCUT2D eigenvalue weighted by atomic mass is 16.1. The van der Waals surface area contributed by atoms with E-state index in [-0.39, 0.29) is 0 Å². The molecule has 1 aliphatic rings. The predicted molar refractivity (Wildman–Crippen MR) is 45.8 cm³/mol. The molecule has 0 atom stereocenters. The summed E-state index contributed by atoms with van der Waals surface area (Å²) in [5.74, 6) is 0. The van der Waals surface area contributed by atoms with Crippen molar-refractivity contribution in [3.05, 3.63) is 36.0 Å². The van der Waals surface area contributed by atoms with Gasteiger partial charge in [0.2, 0.25) is 0 Å². The number of rotatable bonds is 1. The first kappa shape index (κ1) is 7.66. The van der Waals surface area contributed by atoms with Crippen LogP contribution in [0.1, 0.15) is 0 Å². The molecule has 0 spiro atoms. The lowest BCUT2D eigenvalue weighted by Gasteiger charge is -1.83. The summed E-state index contributed by atoms with van der Waals surface area (Å²) in [5, 5.41) is 0. The Kier molecular flexibility index (Phi) is 3.06. The molecule has 0 saturated carbocycles. The number of nitrogens with zero attached hydrogens (tertiary/aromatic N) is 1. The third-order valence-electron chi connectivity index (χ3n) is 1.23. The Labute approximate surface area is 65.6 Å². The largest absolute Gasteiger partial charge is 0.298 e. The van der Waals surface area contributed by atoms with E-state index in [4.69, 9.17) is 0 Å². The summed E-state index contributed by atoms with van der Waals surface area (Å²) in [6.07, 6.45) is 11.6. The fourth-order valence-corrected chi connectivity index (χ4v) is 0.702. The van der Waals surface area contributed by atoms with E-state index in [2.05, 4.69) is 4.99 Å². The van der Waals surface area contributed by atoms with Crippen LogP contribution in [0.4, 0.5) is 0 Å². The summed E-state index contributed by atoms with van der Waals surface area (Å²) in [6.45, 7) is 0.634. The quantitative estimate of drug-likeness (QED) is 0.514. The van der Waals surface area contributed by atoms with E-state index >= 15 is 0 Å². The Hall–Kier alpha value is -1.44. The maximum atomic E-state index is 10.3. The van der Waals surface area contributed by atoms with Crippen LogP contribution in [0.5, 0.6) is 0 Å². The van der Waals surface area contributed by atoms with E-state index in [0.717, 1.165) is 6.29 Å². The summed E-state index contributed by atoms with van der Waals surface area (Å²) in [4.78, 5) is 14.3. The molecular weight excluding hydrogens is 138 g/mol. The summed E-state index contributed by atoms with van der Waals surface area (Å²) in [7, 11) is 0. The molecule has 0 bridgehead atoms. The zero-order chi connectivity index (χ0) is 7.94. The Morgan fingerprint density at radius 3 is 3.09 bits per heavy atom. The van der Waals surface area contributed by atoms with Crippen LogP contribution >= 0.6 is 0 Å². The van der Waals surface area contributed by atoms with Gasteiger partial charge in [-0.15, -0.1) is 0 Å². The fraction of sp³-hybridized carbons (Fsp3) is 0.111. The Balaban J connectivity index is 2.79. The maximum Gasteiger partial charge on any atom is 0.151 e. The van der Waals surface area contributed by atoms with Crippen molar-refractivity contribution in [2.45, 2.75) is 0 Å². The Bertz CT molecular complexity index is 246. The van der Waals surface area contributed by atoms with E-state index in [1.165, 1.54) is 0 Å². The second-order valence-corrected chi connectivity index (χ2v) is 2.09. The minimum Gasteiger partial charge on any atom is -0.298 e. The molecule has 0 aliphatic carbocycles. The zero-order valence-corrected chi connectivity index (χ0v) is 6.10. The summed E-state index contributed by atoms with van der Waals surface area (Å²) < 4.78 is 0. The fourth-order valence-electron chi connectivity index (χ4n) is 0.702. The third-order valence-corrected chi connectivity index (χ3v) is 1.23. The van der Waals surface area contributed by atoms with Crippen molar-refractivity contribution in [1.82, 2.24) is 0 Å². The van der Waals surface area contributed by atoms with Crippen molar-refractivity contribution < 1.29 is 4.79 Å². The second kappa shape index (κ2) is 4.39. The third kappa shape index (κ3) is 2.76. The molecule has 0 unspecified atom stereocenters. The van der Waals surface area contributed by atoms with Gasteiger partial charge >= 0.3 is 0 Å². The standard InChI is InChI=1S/C9H9NO/c11-8-9-5-3-1-2-4-6-10-7-9/h1-5,7-8H,6H2/b3-1-,4-2-,9-5?,10-7?. The second-order valence-electron chi connectivity index (χ2n) is 2.09. The van der Waals surface area contributed by atoms with E-state index in [9.17, 15) is 4.79 Å². The van der Waals surface area contributed by atoms with Crippen LogP contribution in [0.15, 0.2) is 40.9 Å². The molecule has 0 N–H and O–H groups in total. The number of carbonyl (C=O) groups is 1. The van der Waals surface area contributed by atoms with Crippen molar-refractivity contribution in [3.63, 3.8) is 0 Å². The van der Waals surface area contributed by atoms with Crippen molar-refractivity contribution >= 4 is 12.5 Å². The summed E-state index contributed by atoms with van der Waals surface area (Å²) in [6, 6.07) is 0. The van der Waals surface area contributed by atoms with Crippen LogP contribution < -0.4 is 0 Å². The predicted octanol–water partition coefficient (Wildman–Crippen LogP) is 1.31. The number of carbonyl (C=O) groups excluding carboxylic acids is 1. The smallest absolute Gasteiger partial charge is 0.151 e. The van der Waals surface area contributed by atoms with Gasteiger partial charge in [-0.25, -0.2) is 0 Å². The van der Waals surface area contributed by atoms with Crippen LogP contribution in [0.25, 0.3) is 0 Å². The van der Waals surface area contributed by atoms with E-state index in [1.807, 2.05) is 24.3 Å². The van der Waals surface area contributed by atoms with Gasteiger partial charge in [-0.3, -0.25) is 9.79 Å². The van der Waals surface area contributed by atoms with Crippen LogP contribution in [0, 0.1) is 0 Å². The number of hydrogen-bond acceptors (Lipinski definition) is 2. The molecule has 56 valence electrons. The molecule has 0 amide bonds. The normalized spacial score (nSPS) is 22.4. The molecule has 0 aromatic heterocycles. The topological polar surface area (TPSA) is 29.4 Å². The molecule has 0 aromatic carbocycles. The molecule has 2 heteroatoms. The van der Waals surface area contributed by atoms with Gasteiger partial charge in [0, 0.05) is 11.8 Å². The molecular formula is C9H9NO. The number of aliphatic imine (C=N–C) groups is 1. The highest BCUT2D eigenvalue weighted by Gasteiger charge is 1.86. The highest BCUT2D eigenvalue weighted by molar-refractivity contribution is 6.02. The van der Waals surface area contributed by atoms with Gasteiger partial charge < -0.3 is 0 Å². The van der Waals surface area contributed by atoms with Crippen LogP contribution in [0.2, 0.25) is 0 Å². The van der Waals surface area contributed by atoms with Crippen LogP contribution in [-0.4, -0.2) is 19.0 Å². The summed E-state index contributed by atoms with van der Waals surface area (Å²) in [5.41, 5.74) is 0.602. The Morgan fingerprint density at radius 2 is 2.27 bits per heavy atom. The minimum absolute atomic E-state index is 0.602. The highest BCUT2D eigenvalue weighted by Crippen LogP contribution is 1.91. The molecule has 1 aliphatic heterocycles. The lowest BCUT2D eigenvalue weighted by atomic mass is 10.3. The van der Waals surface area contributed by atoms with Gasteiger partial charge in [0.15, 0.2) is 6.29 Å². The van der Waals surface area contributed by atoms with Crippen LogP contribution in [0.3, 0.4) is 0 Å². The number of allylic oxidation sites excluding steroid dienone is 5. The van der Waals surface area contributed by atoms with Crippen LogP contribution in [-0.2, 0) is 4.79 Å². The van der Waals surface area contributed by atoms with E-state index in [1.54, 1.807) is 12.3 Å². The van der Waals surface area contributed by atoms with Gasteiger partial charge in [0.1, 0.15) is 0 Å². The van der Waals surface area contributed by atoms with Gasteiger partial charge in [0.25, 0.3) is 0 Å². The maximum absolute atomic E-state index is 10.3. The lowest BCUT2D eigenvalue weighted by Crippen LogP contribution is -1.85. The number of hydrogen-bond donors (Lipinski definition) is 0. The Morgan fingerprint density at radius 1 is 1.36 bits per heavy atom. The molecule has 11 heavy (non-hydrogen) atoms. The summed E-state index contributed by atoms with van der Waals surface area (Å²) >= 11 is 0. The van der Waals surface area contributed by atoms with E-state index < -0.39 is 0 Å². The average Bonchev–Trinajstić information content (AvgIpc) is 2.16. The van der Waals surface area contributed by atoms with Gasteiger partial charge in [-0.05, 0) is 0 Å². The molecule has 0 saturated heterocycles. The monoisotopic (exact) mass is 147 g/mol. The van der Waals surface area contributed by atoms with Crippen molar-refractivity contribution in [2.75, 3.05) is 6.54 Å². The van der Waals surface area contributed by atoms with Crippen molar-refractivity contribution in [2.24, 2.45) is 4.99 Å². The molecule has 1 heterocycles. The minimum atomic E-state index is 0.602. The van der Waals surface area contributed by atoms with Gasteiger partial charge in [-0.1, -0.05) is 30.4 Å². The molecule has 2 nitrogen and oxygen atoms in total. The van der Waals surface area contributed by atoms with Gasteiger partial charge in [-0.2, -0.15) is 0 Å². The van der Waals surface area contributed by atoms with E-state index in [0.29, 0.717) is 12.1 Å². The first-order chi connectivity index (χ1) is 5.43. The molecule has 0 aromatic rings. The molecule has 0 radical (unpaired) electrons. The number of aldehydes is 1. The SMILES string of the molecule is O=CC1=C/C=C\C=C/CN=C1. The first-order valence-electron chi connectivity index (χ1n) is 3.42. The first-order valence-corrected chi connectivity index (χ1v) is 3.42. The average molecular weight is 147 g/mol. The molecule has 1 rings (SSSR count). The zero-order valence-electron chi connectivity index (χ0n) is 6.10.